The molecule has 3 fully saturated rings. The average molecular weight is 420 g/mol. The number of carbonyl (C=O) groups is 1. The van der Waals surface area contributed by atoms with Gasteiger partial charge >= 0.3 is 0 Å². The average Bonchev–Trinajstić information content (AvgIpc) is 3.41. The molecule has 4 heterocycles. The molecule has 4 aliphatic rings. The molecule has 2 aromatic carbocycles. The third-order valence-electron chi connectivity index (χ3n) is 7.41. The Morgan fingerprint density at radius 3 is 2.47 bits per heavy atom. The number of benzene rings is 2. The van der Waals surface area contributed by atoms with Crippen LogP contribution in [0.15, 0.2) is 52.3 Å². The summed E-state index contributed by atoms with van der Waals surface area (Å²) in [5, 5.41) is 3.81. The lowest BCUT2D eigenvalue weighted by molar-refractivity contribution is 0.0792. The molecule has 1 N–H and O–H groups in total. The van der Waals surface area contributed by atoms with Gasteiger partial charge in [-0.05, 0) is 75.8 Å². The third kappa shape index (κ3) is 2.97. The molecule has 4 nitrogen and oxygen atoms in total. The van der Waals surface area contributed by atoms with Crippen molar-refractivity contribution in [3.05, 3.63) is 48.0 Å². The normalized spacial score (nSPS) is 29.6. The Bertz CT molecular complexity index is 988. The van der Waals surface area contributed by atoms with Crippen molar-refractivity contribution in [3.63, 3.8) is 0 Å². The number of fused-ring (bicyclic) bond motifs is 4. The predicted octanol–water partition coefficient (Wildman–Crippen LogP) is 5.20. The molecule has 0 saturated carbocycles. The number of hydrogen-bond donors (Lipinski definition) is 1. The first-order chi connectivity index (χ1) is 14.6. The van der Waals surface area contributed by atoms with Crippen LogP contribution in [0.5, 0.6) is 0 Å². The van der Waals surface area contributed by atoms with Crippen LogP contribution >= 0.6 is 11.8 Å². The van der Waals surface area contributed by atoms with Gasteiger partial charge < -0.3 is 15.1 Å². The lowest BCUT2D eigenvalue weighted by Gasteiger charge is -2.50. The number of anilines is 2. The van der Waals surface area contributed by atoms with E-state index in [9.17, 15) is 4.79 Å². The standard InChI is InChI=1S/C25H29N3OS/c1-25(15-18-9-10-19(16-25)26-18)28-20-6-2-3-7-22(20)30-23-14-17(8-11-21(23)28)24(29)27-12-4-5-13-27/h2-3,6-8,11,14,18-19,26H,4-5,9-10,12-13,15-16H2,1H3. The number of rotatable bonds is 2. The summed E-state index contributed by atoms with van der Waals surface area (Å²) in [5.41, 5.74) is 3.50. The maximum Gasteiger partial charge on any atom is 0.253 e. The van der Waals surface area contributed by atoms with Crippen molar-refractivity contribution in [1.82, 2.24) is 10.2 Å². The molecule has 30 heavy (non-hydrogen) atoms. The van der Waals surface area contributed by atoms with Crippen molar-refractivity contribution in [3.8, 4) is 0 Å². The van der Waals surface area contributed by atoms with E-state index in [4.69, 9.17) is 0 Å². The van der Waals surface area contributed by atoms with Gasteiger partial charge in [-0.1, -0.05) is 23.9 Å². The zero-order chi connectivity index (χ0) is 20.3. The van der Waals surface area contributed by atoms with Crippen molar-refractivity contribution in [2.45, 2.75) is 72.9 Å². The minimum absolute atomic E-state index is 0.0867. The molecule has 2 bridgehead atoms. The van der Waals surface area contributed by atoms with E-state index >= 15 is 0 Å². The van der Waals surface area contributed by atoms with Crippen molar-refractivity contribution in [2.75, 3.05) is 18.0 Å². The Balaban J connectivity index is 1.42. The van der Waals surface area contributed by atoms with Gasteiger partial charge in [0, 0.05) is 46.1 Å². The highest BCUT2D eigenvalue weighted by molar-refractivity contribution is 7.99. The molecular weight excluding hydrogens is 390 g/mol. The van der Waals surface area contributed by atoms with E-state index in [2.05, 4.69) is 59.6 Å². The molecule has 156 valence electrons. The van der Waals surface area contributed by atoms with Crippen LogP contribution < -0.4 is 10.2 Å². The van der Waals surface area contributed by atoms with Gasteiger partial charge in [0.2, 0.25) is 0 Å². The molecule has 5 heteroatoms. The van der Waals surface area contributed by atoms with E-state index in [0.29, 0.717) is 12.1 Å². The minimum atomic E-state index is 0.0867. The number of carbonyl (C=O) groups excluding carboxylic acids is 1. The number of para-hydroxylation sites is 1. The molecule has 6 rings (SSSR count). The van der Waals surface area contributed by atoms with Crippen LogP contribution in [0.1, 0.15) is 55.8 Å². The second-order valence-electron chi connectivity index (χ2n) is 9.63. The summed E-state index contributed by atoms with van der Waals surface area (Å²) in [4.78, 5) is 20.1. The fourth-order valence-corrected chi connectivity index (χ4v) is 7.22. The van der Waals surface area contributed by atoms with Gasteiger partial charge in [0.15, 0.2) is 0 Å². The SMILES string of the molecule is CC1(N2c3ccccc3Sc3cc(C(=O)N4CCCC4)ccc32)CC2CCC(C1)N2. The van der Waals surface area contributed by atoms with Crippen molar-refractivity contribution in [1.29, 1.82) is 0 Å². The van der Waals surface area contributed by atoms with Crippen LogP contribution in [0, 0.1) is 0 Å². The second-order valence-corrected chi connectivity index (χ2v) is 10.7. The number of likely N-dealkylation sites (tertiary alicyclic amines) is 1. The van der Waals surface area contributed by atoms with Gasteiger partial charge in [-0.25, -0.2) is 0 Å². The molecule has 4 aliphatic heterocycles. The van der Waals surface area contributed by atoms with Crippen molar-refractivity contribution >= 4 is 29.0 Å². The van der Waals surface area contributed by atoms with E-state index in [0.717, 1.165) is 44.3 Å². The summed E-state index contributed by atoms with van der Waals surface area (Å²) in [6.45, 7) is 4.23. The molecule has 0 radical (unpaired) electrons. The first-order valence-corrected chi connectivity index (χ1v) is 12.2. The van der Waals surface area contributed by atoms with E-state index in [1.54, 1.807) is 0 Å². The number of amides is 1. The fourth-order valence-electron chi connectivity index (χ4n) is 6.13. The molecule has 1 amide bonds. The van der Waals surface area contributed by atoms with Crippen LogP contribution in [0.25, 0.3) is 0 Å². The van der Waals surface area contributed by atoms with Gasteiger partial charge in [-0.3, -0.25) is 4.79 Å². The maximum atomic E-state index is 13.0. The van der Waals surface area contributed by atoms with Crippen LogP contribution in [0.4, 0.5) is 11.4 Å². The molecule has 0 aliphatic carbocycles. The van der Waals surface area contributed by atoms with E-state index in [-0.39, 0.29) is 11.4 Å². The fraction of sp³-hybridized carbons (Fsp3) is 0.480. The van der Waals surface area contributed by atoms with Crippen LogP contribution in [0.2, 0.25) is 0 Å². The van der Waals surface area contributed by atoms with Crippen LogP contribution in [-0.4, -0.2) is 41.5 Å². The van der Waals surface area contributed by atoms with E-state index in [1.807, 2.05) is 16.7 Å². The van der Waals surface area contributed by atoms with Crippen molar-refractivity contribution in [2.24, 2.45) is 0 Å². The summed E-state index contributed by atoms with van der Waals surface area (Å²) in [6, 6.07) is 16.4. The van der Waals surface area contributed by atoms with Gasteiger partial charge in [-0.2, -0.15) is 0 Å². The maximum absolute atomic E-state index is 13.0. The predicted molar refractivity (Wildman–Crippen MR) is 122 cm³/mol. The highest BCUT2D eigenvalue weighted by Crippen LogP contribution is 2.54. The second kappa shape index (κ2) is 7.03. The number of piperidine rings is 1. The quantitative estimate of drug-likeness (QED) is 0.726. The molecule has 0 spiro atoms. The van der Waals surface area contributed by atoms with Gasteiger partial charge in [0.25, 0.3) is 5.91 Å². The molecular formula is C25H29N3OS. The molecule has 2 aromatic rings. The first kappa shape index (κ1) is 18.8. The smallest absolute Gasteiger partial charge is 0.253 e. The Morgan fingerprint density at radius 2 is 1.70 bits per heavy atom. The highest BCUT2D eigenvalue weighted by Gasteiger charge is 2.46. The monoisotopic (exact) mass is 419 g/mol. The largest absolute Gasteiger partial charge is 0.339 e. The first-order valence-electron chi connectivity index (χ1n) is 11.4. The summed E-state index contributed by atoms with van der Waals surface area (Å²) < 4.78 is 0. The Morgan fingerprint density at radius 1 is 1.00 bits per heavy atom. The highest BCUT2D eigenvalue weighted by atomic mass is 32.2. The number of hydrogen-bond acceptors (Lipinski definition) is 4. The van der Waals surface area contributed by atoms with E-state index in [1.165, 1.54) is 34.0 Å². The van der Waals surface area contributed by atoms with Gasteiger partial charge in [0.05, 0.1) is 11.4 Å². The number of nitrogens with one attached hydrogen (secondary N) is 1. The summed E-state index contributed by atoms with van der Waals surface area (Å²) in [5.74, 6) is 0.187. The van der Waals surface area contributed by atoms with Crippen molar-refractivity contribution < 1.29 is 4.79 Å². The van der Waals surface area contributed by atoms with Crippen LogP contribution in [0.3, 0.4) is 0 Å². The van der Waals surface area contributed by atoms with E-state index < -0.39 is 0 Å². The number of nitrogens with zero attached hydrogens (tertiary/aromatic N) is 2. The summed E-state index contributed by atoms with van der Waals surface area (Å²) in [7, 11) is 0. The zero-order valence-corrected chi connectivity index (χ0v) is 18.4. The summed E-state index contributed by atoms with van der Waals surface area (Å²) in [6.07, 6.45) is 7.16. The lowest BCUT2D eigenvalue weighted by Crippen LogP contribution is -2.55. The third-order valence-corrected chi connectivity index (χ3v) is 8.53. The minimum Gasteiger partial charge on any atom is -0.339 e. The molecule has 2 atom stereocenters. The molecule has 0 aromatic heterocycles. The topological polar surface area (TPSA) is 35.6 Å². The Kier molecular flexibility index (Phi) is 4.40. The van der Waals surface area contributed by atoms with Gasteiger partial charge in [-0.15, -0.1) is 0 Å². The molecule has 3 saturated heterocycles. The Hall–Kier alpha value is -1.98. The molecule has 2 unspecified atom stereocenters. The lowest BCUT2D eigenvalue weighted by atomic mass is 9.83. The van der Waals surface area contributed by atoms with Gasteiger partial charge in [0.1, 0.15) is 0 Å². The Labute approximate surface area is 183 Å². The van der Waals surface area contributed by atoms with Crippen LogP contribution in [-0.2, 0) is 0 Å². The summed E-state index contributed by atoms with van der Waals surface area (Å²) >= 11 is 1.81. The zero-order valence-electron chi connectivity index (χ0n) is 17.6.